The fourth-order valence-corrected chi connectivity index (χ4v) is 2.85. The van der Waals surface area contributed by atoms with E-state index in [4.69, 9.17) is 5.84 Å². The van der Waals surface area contributed by atoms with Gasteiger partial charge < -0.3 is 0 Å². The van der Waals surface area contributed by atoms with Crippen molar-refractivity contribution in [2.45, 2.75) is 26.8 Å². The number of hydrogen-bond donors (Lipinski definition) is 2. The first-order valence-corrected chi connectivity index (χ1v) is 6.39. The van der Waals surface area contributed by atoms with Crippen LogP contribution in [0.15, 0.2) is 24.4 Å². The van der Waals surface area contributed by atoms with E-state index in [0.29, 0.717) is 0 Å². The van der Waals surface area contributed by atoms with E-state index in [1.165, 1.54) is 16.7 Å². The summed E-state index contributed by atoms with van der Waals surface area (Å²) >= 11 is 1.67. The van der Waals surface area contributed by atoms with Gasteiger partial charge in [0.05, 0.1) is 11.0 Å². The van der Waals surface area contributed by atoms with Crippen LogP contribution >= 0.6 is 11.3 Å². The number of hydrazine groups is 1. The predicted molar refractivity (Wildman–Crippen MR) is 71.9 cm³/mol. The SMILES string of the molecule is Cc1ccc(C(NN)c2cnc(C)s2)c(C)c1. The highest BCUT2D eigenvalue weighted by Gasteiger charge is 2.16. The summed E-state index contributed by atoms with van der Waals surface area (Å²) in [5.41, 5.74) is 6.60. The summed E-state index contributed by atoms with van der Waals surface area (Å²) in [7, 11) is 0. The maximum absolute atomic E-state index is 5.68. The number of thiazole rings is 1. The van der Waals surface area contributed by atoms with Gasteiger partial charge in [-0.15, -0.1) is 11.3 Å². The monoisotopic (exact) mass is 247 g/mol. The van der Waals surface area contributed by atoms with Gasteiger partial charge in [-0.3, -0.25) is 5.84 Å². The van der Waals surface area contributed by atoms with Crippen molar-refractivity contribution < 1.29 is 0 Å². The van der Waals surface area contributed by atoms with E-state index in [2.05, 4.69) is 42.5 Å². The van der Waals surface area contributed by atoms with Gasteiger partial charge in [0.1, 0.15) is 0 Å². The standard InChI is InChI=1S/C13H17N3S/c1-8-4-5-11(9(2)6-8)13(16-14)12-7-15-10(3)17-12/h4-7,13,16H,14H2,1-3H3. The Kier molecular flexibility index (Phi) is 3.57. The minimum atomic E-state index is 0.0294. The van der Waals surface area contributed by atoms with Crippen molar-refractivity contribution in [1.29, 1.82) is 0 Å². The first-order valence-electron chi connectivity index (χ1n) is 5.57. The molecule has 90 valence electrons. The molecule has 1 aromatic heterocycles. The largest absolute Gasteiger partial charge is 0.271 e. The van der Waals surface area contributed by atoms with Crippen molar-refractivity contribution >= 4 is 11.3 Å². The van der Waals surface area contributed by atoms with Gasteiger partial charge in [-0.2, -0.15) is 0 Å². The van der Waals surface area contributed by atoms with E-state index in [0.717, 1.165) is 9.88 Å². The molecule has 0 aliphatic rings. The Bertz CT molecular complexity index is 519. The molecule has 1 atom stereocenters. The lowest BCUT2D eigenvalue weighted by molar-refractivity contribution is 0.642. The fraction of sp³-hybridized carbons (Fsp3) is 0.308. The molecule has 0 amide bonds. The molecule has 0 aliphatic carbocycles. The first kappa shape index (κ1) is 12.2. The summed E-state index contributed by atoms with van der Waals surface area (Å²) in [5.74, 6) is 5.68. The fourth-order valence-electron chi connectivity index (χ4n) is 1.99. The third-order valence-corrected chi connectivity index (χ3v) is 3.80. The van der Waals surface area contributed by atoms with Crippen LogP contribution in [0, 0.1) is 20.8 Å². The molecular weight excluding hydrogens is 230 g/mol. The van der Waals surface area contributed by atoms with E-state index in [9.17, 15) is 0 Å². The molecule has 4 heteroatoms. The van der Waals surface area contributed by atoms with Gasteiger partial charge in [0.15, 0.2) is 0 Å². The van der Waals surface area contributed by atoms with Gasteiger partial charge in [-0.05, 0) is 31.9 Å². The molecule has 2 aromatic rings. The molecule has 0 saturated carbocycles. The number of aryl methyl sites for hydroxylation is 3. The molecule has 1 heterocycles. The minimum absolute atomic E-state index is 0.0294. The van der Waals surface area contributed by atoms with Crippen LogP contribution in [0.4, 0.5) is 0 Å². The van der Waals surface area contributed by atoms with Crippen LogP contribution in [-0.4, -0.2) is 4.98 Å². The Labute approximate surface area is 106 Å². The second kappa shape index (κ2) is 4.96. The average Bonchev–Trinajstić information content (AvgIpc) is 2.69. The van der Waals surface area contributed by atoms with Gasteiger partial charge in [-0.1, -0.05) is 23.8 Å². The molecule has 0 spiro atoms. The van der Waals surface area contributed by atoms with Crippen molar-refractivity contribution in [3.8, 4) is 0 Å². The molecule has 2 rings (SSSR count). The Balaban J connectivity index is 2.42. The van der Waals surface area contributed by atoms with Crippen LogP contribution in [0.5, 0.6) is 0 Å². The molecule has 3 N–H and O–H groups in total. The Morgan fingerprint density at radius 3 is 2.59 bits per heavy atom. The van der Waals surface area contributed by atoms with E-state index in [1.807, 2.05) is 13.1 Å². The second-order valence-electron chi connectivity index (χ2n) is 4.24. The van der Waals surface area contributed by atoms with Crippen molar-refractivity contribution in [2.24, 2.45) is 5.84 Å². The first-order chi connectivity index (χ1) is 8.11. The Hall–Kier alpha value is -1.23. The summed E-state index contributed by atoms with van der Waals surface area (Å²) in [6.45, 7) is 6.21. The third kappa shape index (κ3) is 2.54. The van der Waals surface area contributed by atoms with E-state index in [-0.39, 0.29) is 6.04 Å². The van der Waals surface area contributed by atoms with E-state index in [1.54, 1.807) is 11.3 Å². The smallest absolute Gasteiger partial charge is 0.0897 e. The molecule has 0 fully saturated rings. The quantitative estimate of drug-likeness (QED) is 0.647. The molecule has 17 heavy (non-hydrogen) atoms. The molecule has 0 saturated heterocycles. The number of rotatable bonds is 3. The van der Waals surface area contributed by atoms with Crippen LogP contribution in [0.3, 0.4) is 0 Å². The number of aromatic nitrogens is 1. The van der Waals surface area contributed by atoms with Crippen LogP contribution in [0.2, 0.25) is 0 Å². The van der Waals surface area contributed by atoms with Gasteiger partial charge in [0.25, 0.3) is 0 Å². The lowest BCUT2D eigenvalue weighted by atomic mass is 9.99. The molecule has 0 aliphatic heterocycles. The number of nitrogens with zero attached hydrogens (tertiary/aromatic N) is 1. The van der Waals surface area contributed by atoms with Crippen molar-refractivity contribution in [3.63, 3.8) is 0 Å². The van der Waals surface area contributed by atoms with Crippen molar-refractivity contribution in [1.82, 2.24) is 10.4 Å². The molecule has 1 aromatic carbocycles. The van der Waals surface area contributed by atoms with E-state index >= 15 is 0 Å². The predicted octanol–water partition coefficient (Wildman–Crippen LogP) is 2.62. The highest BCUT2D eigenvalue weighted by atomic mass is 32.1. The van der Waals surface area contributed by atoms with Crippen molar-refractivity contribution in [3.05, 3.63) is 51.0 Å². The summed E-state index contributed by atoms with van der Waals surface area (Å²) in [5, 5.41) is 1.06. The topological polar surface area (TPSA) is 50.9 Å². The number of hydrogen-bond acceptors (Lipinski definition) is 4. The van der Waals surface area contributed by atoms with E-state index < -0.39 is 0 Å². The Morgan fingerprint density at radius 1 is 1.29 bits per heavy atom. The zero-order chi connectivity index (χ0) is 12.4. The molecule has 0 radical (unpaired) electrons. The zero-order valence-corrected chi connectivity index (χ0v) is 11.1. The van der Waals surface area contributed by atoms with Crippen LogP contribution < -0.4 is 11.3 Å². The summed E-state index contributed by atoms with van der Waals surface area (Å²) in [4.78, 5) is 5.43. The minimum Gasteiger partial charge on any atom is -0.271 e. The molecule has 0 bridgehead atoms. The average molecular weight is 247 g/mol. The van der Waals surface area contributed by atoms with Gasteiger partial charge >= 0.3 is 0 Å². The van der Waals surface area contributed by atoms with Crippen molar-refractivity contribution in [2.75, 3.05) is 0 Å². The lowest BCUT2D eigenvalue weighted by Crippen LogP contribution is -2.28. The highest BCUT2D eigenvalue weighted by Crippen LogP contribution is 2.28. The van der Waals surface area contributed by atoms with Gasteiger partial charge in [-0.25, -0.2) is 10.4 Å². The van der Waals surface area contributed by atoms with Crippen LogP contribution in [0.1, 0.15) is 32.6 Å². The zero-order valence-electron chi connectivity index (χ0n) is 10.3. The lowest BCUT2D eigenvalue weighted by Gasteiger charge is -2.17. The molecule has 3 nitrogen and oxygen atoms in total. The second-order valence-corrected chi connectivity index (χ2v) is 5.51. The maximum Gasteiger partial charge on any atom is 0.0897 e. The highest BCUT2D eigenvalue weighted by molar-refractivity contribution is 7.11. The molecule has 1 unspecified atom stereocenters. The number of nitrogens with one attached hydrogen (secondary N) is 1. The summed E-state index contributed by atoms with van der Waals surface area (Å²) in [6.07, 6.45) is 1.89. The maximum atomic E-state index is 5.68. The Morgan fingerprint density at radius 2 is 2.06 bits per heavy atom. The number of nitrogens with two attached hydrogens (primary N) is 1. The summed E-state index contributed by atoms with van der Waals surface area (Å²) in [6, 6.07) is 6.44. The third-order valence-electron chi connectivity index (χ3n) is 2.83. The van der Waals surface area contributed by atoms with Crippen LogP contribution in [0.25, 0.3) is 0 Å². The molecular formula is C13H17N3S. The summed E-state index contributed by atoms with van der Waals surface area (Å²) < 4.78 is 0. The van der Waals surface area contributed by atoms with Crippen LogP contribution in [-0.2, 0) is 0 Å². The number of benzene rings is 1. The van der Waals surface area contributed by atoms with Gasteiger partial charge in [0.2, 0.25) is 0 Å². The van der Waals surface area contributed by atoms with Gasteiger partial charge in [0, 0.05) is 11.1 Å². The normalized spacial score (nSPS) is 12.7.